The Kier molecular flexibility index (Phi) is 8.66. The van der Waals surface area contributed by atoms with Crippen LogP contribution in [0.5, 0.6) is 0 Å². The van der Waals surface area contributed by atoms with E-state index in [2.05, 4.69) is 10.6 Å². The minimum Gasteiger partial charge on any atom is -0.326 e. The smallest absolute Gasteiger partial charge is 0.224 e. The van der Waals surface area contributed by atoms with Gasteiger partial charge in [0.2, 0.25) is 11.8 Å². The second-order valence-corrected chi connectivity index (χ2v) is 6.64. The molecule has 0 unspecified atom stereocenters. The third kappa shape index (κ3) is 8.45. The highest BCUT2D eigenvalue weighted by Crippen LogP contribution is 2.11. The van der Waals surface area contributed by atoms with Crippen LogP contribution >= 0.6 is 0 Å². The molecule has 28 heavy (non-hydrogen) atoms. The second kappa shape index (κ2) is 11.5. The number of benzene rings is 2. The van der Waals surface area contributed by atoms with E-state index in [1.54, 1.807) is 18.2 Å². The molecule has 0 heterocycles. The Morgan fingerprint density at radius 3 is 1.75 bits per heavy atom. The van der Waals surface area contributed by atoms with E-state index in [4.69, 9.17) is 0 Å². The molecule has 5 heteroatoms. The molecule has 0 saturated carbocycles. The zero-order chi connectivity index (χ0) is 20.2. The summed E-state index contributed by atoms with van der Waals surface area (Å²) in [7, 11) is 0. The molecule has 2 aromatic rings. The van der Waals surface area contributed by atoms with Crippen LogP contribution in [0.4, 0.5) is 11.4 Å². The predicted molar refractivity (Wildman–Crippen MR) is 112 cm³/mol. The molecule has 2 rings (SSSR count). The number of allylic oxidation sites excluding steroid dienone is 2. The van der Waals surface area contributed by atoms with Gasteiger partial charge in [-0.05, 0) is 50.1 Å². The van der Waals surface area contributed by atoms with E-state index in [-0.39, 0.29) is 30.4 Å². The van der Waals surface area contributed by atoms with Gasteiger partial charge >= 0.3 is 0 Å². The van der Waals surface area contributed by atoms with Gasteiger partial charge in [0.25, 0.3) is 0 Å². The molecule has 0 aliphatic heterocycles. The lowest BCUT2D eigenvalue weighted by Gasteiger charge is -2.05. The van der Waals surface area contributed by atoms with Crippen LogP contribution in [0.15, 0.2) is 72.3 Å². The molecule has 2 N–H and O–H groups in total. The Morgan fingerprint density at radius 1 is 0.714 bits per heavy atom. The van der Waals surface area contributed by atoms with Gasteiger partial charge in [0.05, 0.1) is 0 Å². The van der Waals surface area contributed by atoms with Crippen molar-refractivity contribution in [3.63, 3.8) is 0 Å². The first kappa shape index (κ1) is 21.1. The Labute approximate surface area is 165 Å². The van der Waals surface area contributed by atoms with E-state index in [9.17, 15) is 14.4 Å². The van der Waals surface area contributed by atoms with Gasteiger partial charge in [-0.2, -0.15) is 0 Å². The molecule has 0 aromatic heterocycles. The number of amides is 2. The number of hydrogen-bond acceptors (Lipinski definition) is 3. The van der Waals surface area contributed by atoms with Crippen LogP contribution in [0.2, 0.25) is 0 Å². The lowest BCUT2D eigenvalue weighted by atomic mass is 10.1. The van der Waals surface area contributed by atoms with Gasteiger partial charge in [-0.25, -0.2) is 0 Å². The summed E-state index contributed by atoms with van der Waals surface area (Å²) < 4.78 is 0. The average molecular weight is 378 g/mol. The van der Waals surface area contributed by atoms with Crippen molar-refractivity contribution in [3.05, 3.63) is 72.3 Å². The molecule has 5 nitrogen and oxygen atoms in total. The number of para-hydroxylation sites is 2. The van der Waals surface area contributed by atoms with Crippen molar-refractivity contribution in [2.45, 2.75) is 39.0 Å². The summed E-state index contributed by atoms with van der Waals surface area (Å²) in [6.45, 7) is 1.87. The highest BCUT2D eigenvalue weighted by atomic mass is 16.2. The summed E-state index contributed by atoms with van der Waals surface area (Å²) in [5.41, 5.74) is 2.42. The SMILES string of the molecule is C/C(=C\C(=O)CCC(=O)Nc1ccccc1)CCCC(=O)Nc1ccccc1. The standard InChI is InChI=1S/C23H26N2O3/c1-18(9-8-14-22(27)24-19-10-4-2-5-11-19)17-21(26)15-16-23(28)25-20-12-6-3-7-13-20/h2-7,10-13,17H,8-9,14-16H2,1H3,(H,24,27)(H,25,28)/b18-17+. The molecular weight excluding hydrogens is 352 g/mol. The van der Waals surface area contributed by atoms with Gasteiger partial charge in [-0.1, -0.05) is 42.0 Å². The summed E-state index contributed by atoms with van der Waals surface area (Å²) in [6, 6.07) is 18.5. The quantitative estimate of drug-likeness (QED) is 0.587. The molecule has 0 saturated heterocycles. The van der Waals surface area contributed by atoms with E-state index in [0.717, 1.165) is 16.9 Å². The summed E-state index contributed by atoms with van der Waals surface area (Å²) >= 11 is 0. The van der Waals surface area contributed by atoms with Crippen LogP contribution in [-0.4, -0.2) is 17.6 Å². The van der Waals surface area contributed by atoms with Gasteiger partial charge < -0.3 is 10.6 Å². The summed E-state index contributed by atoms with van der Waals surface area (Å²) in [5.74, 6) is -0.291. The van der Waals surface area contributed by atoms with Gasteiger partial charge in [0, 0.05) is 30.6 Å². The Bertz CT molecular complexity index is 814. The van der Waals surface area contributed by atoms with E-state index in [1.807, 2.05) is 55.5 Å². The minimum atomic E-state index is -0.178. The van der Waals surface area contributed by atoms with Crippen LogP contribution < -0.4 is 10.6 Å². The lowest BCUT2D eigenvalue weighted by molar-refractivity contribution is -0.120. The lowest BCUT2D eigenvalue weighted by Crippen LogP contribution is -2.12. The maximum absolute atomic E-state index is 12.0. The third-order valence-corrected chi connectivity index (χ3v) is 4.10. The van der Waals surface area contributed by atoms with Crippen molar-refractivity contribution in [2.75, 3.05) is 10.6 Å². The number of hydrogen-bond donors (Lipinski definition) is 2. The summed E-state index contributed by atoms with van der Waals surface area (Å²) in [6.07, 6.45) is 3.63. The third-order valence-electron chi connectivity index (χ3n) is 4.10. The van der Waals surface area contributed by atoms with Crippen molar-refractivity contribution in [1.29, 1.82) is 0 Å². The highest BCUT2D eigenvalue weighted by Gasteiger charge is 2.07. The number of nitrogens with one attached hydrogen (secondary N) is 2. The van der Waals surface area contributed by atoms with Crippen LogP contribution in [0, 0.1) is 0 Å². The molecule has 0 fully saturated rings. The molecule has 0 aliphatic rings. The highest BCUT2D eigenvalue weighted by molar-refractivity contribution is 5.96. The Morgan fingerprint density at radius 2 is 1.21 bits per heavy atom. The Balaban J connectivity index is 1.64. The van der Waals surface area contributed by atoms with Crippen molar-refractivity contribution in [2.24, 2.45) is 0 Å². The molecule has 0 atom stereocenters. The number of carbonyl (C=O) groups excluding carboxylic acids is 3. The van der Waals surface area contributed by atoms with Gasteiger partial charge in [0.15, 0.2) is 5.78 Å². The normalized spacial score (nSPS) is 11.0. The van der Waals surface area contributed by atoms with E-state index >= 15 is 0 Å². The van der Waals surface area contributed by atoms with Crippen molar-refractivity contribution >= 4 is 29.0 Å². The first-order valence-corrected chi connectivity index (χ1v) is 9.43. The molecular formula is C23H26N2O3. The largest absolute Gasteiger partial charge is 0.326 e. The molecule has 2 aromatic carbocycles. The van der Waals surface area contributed by atoms with Crippen molar-refractivity contribution in [1.82, 2.24) is 0 Å². The molecule has 0 bridgehead atoms. The number of anilines is 2. The summed E-state index contributed by atoms with van der Waals surface area (Å²) in [4.78, 5) is 35.8. The first-order valence-electron chi connectivity index (χ1n) is 9.43. The van der Waals surface area contributed by atoms with Gasteiger partial charge in [-0.15, -0.1) is 0 Å². The fourth-order valence-corrected chi connectivity index (χ4v) is 2.67. The zero-order valence-electron chi connectivity index (χ0n) is 16.1. The van der Waals surface area contributed by atoms with E-state index < -0.39 is 0 Å². The van der Waals surface area contributed by atoms with Gasteiger partial charge in [-0.3, -0.25) is 14.4 Å². The van der Waals surface area contributed by atoms with Crippen LogP contribution in [0.3, 0.4) is 0 Å². The minimum absolute atomic E-state index is 0.0390. The molecule has 2 amide bonds. The van der Waals surface area contributed by atoms with Crippen LogP contribution in [0.25, 0.3) is 0 Å². The maximum Gasteiger partial charge on any atom is 0.224 e. The topological polar surface area (TPSA) is 75.3 Å². The fourth-order valence-electron chi connectivity index (χ4n) is 2.67. The second-order valence-electron chi connectivity index (χ2n) is 6.64. The maximum atomic E-state index is 12.0. The molecule has 146 valence electrons. The molecule has 0 spiro atoms. The average Bonchev–Trinajstić information content (AvgIpc) is 2.68. The van der Waals surface area contributed by atoms with Crippen LogP contribution in [-0.2, 0) is 14.4 Å². The van der Waals surface area contributed by atoms with E-state index in [0.29, 0.717) is 19.3 Å². The first-order chi connectivity index (χ1) is 13.5. The zero-order valence-corrected chi connectivity index (χ0v) is 16.1. The molecule has 0 aliphatic carbocycles. The summed E-state index contributed by atoms with van der Waals surface area (Å²) in [5, 5.41) is 5.60. The predicted octanol–water partition coefficient (Wildman–Crippen LogP) is 4.73. The van der Waals surface area contributed by atoms with E-state index in [1.165, 1.54) is 0 Å². The number of rotatable bonds is 10. The monoisotopic (exact) mass is 378 g/mol. The van der Waals surface area contributed by atoms with Crippen molar-refractivity contribution in [3.8, 4) is 0 Å². The fraction of sp³-hybridized carbons (Fsp3) is 0.261. The van der Waals surface area contributed by atoms with Gasteiger partial charge in [0.1, 0.15) is 0 Å². The number of ketones is 1. The van der Waals surface area contributed by atoms with Crippen LogP contribution in [0.1, 0.15) is 39.0 Å². The molecule has 0 radical (unpaired) electrons. The number of carbonyl (C=O) groups is 3. The van der Waals surface area contributed by atoms with Crippen molar-refractivity contribution < 1.29 is 14.4 Å². The Hall–Kier alpha value is -3.21.